The number of aryl methyl sites for hydroxylation is 1. The molecule has 3 heteroatoms. The molecule has 0 spiro atoms. The number of aromatic nitrogens is 3. The second kappa shape index (κ2) is 6.53. The quantitative estimate of drug-likeness (QED) is 0.332. The highest BCUT2D eigenvalue weighted by Crippen LogP contribution is 2.32. The number of fused-ring (bicyclic) bond motifs is 4. The van der Waals surface area contributed by atoms with Crippen molar-refractivity contribution < 1.29 is 0 Å². The molecule has 4 aromatic carbocycles. The summed E-state index contributed by atoms with van der Waals surface area (Å²) in [5.41, 5.74) is 9.55. The first-order valence-corrected chi connectivity index (χ1v) is 10.1. The van der Waals surface area contributed by atoms with Crippen LogP contribution in [-0.2, 0) is 0 Å². The number of hydrogen-bond acceptors (Lipinski definition) is 2. The molecule has 0 amide bonds. The van der Waals surface area contributed by atoms with Gasteiger partial charge in [-0.3, -0.25) is 4.57 Å². The Hall–Kier alpha value is -3.98. The Morgan fingerprint density at radius 3 is 1.93 bits per heavy atom. The van der Waals surface area contributed by atoms with Crippen LogP contribution in [0.2, 0.25) is 0 Å². The third-order valence-electron chi connectivity index (χ3n) is 5.67. The molecule has 142 valence electrons. The fourth-order valence-corrected chi connectivity index (χ4v) is 4.12. The maximum absolute atomic E-state index is 4.98. The molecule has 0 aliphatic rings. The standard InChI is InChI=1S/C27H19N3/c1-18-10-12-19(13-11-18)20-14-16-21(17-15-20)30-25-9-5-2-6-22(25)26-27(30)29-24-8-4-3-7-23(24)28-26/h2-17H,1H3. The molecule has 0 saturated carbocycles. The van der Waals surface area contributed by atoms with Crippen molar-refractivity contribution in [2.75, 3.05) is 0 Å². The fourth-order valence-electron chi connectivity index (χ4n) is 4.12. The van der Waals surface area contributed by atoms with Crippen molar-refractivity contribution in [3.05, 3.63) is 103 Å². The second-order valence-corrected chi connectivity index (χ2v) is 7.65. The van der Waals surface area contributed by atoms with E-state index in [-0.39, 0.29) is 0 Å². The molecule has 0 aliphatic carbocycles. The zero-order chi connectivity index (χ0) is 20.1. The molecule has 30 heavy (non-hydrogen) atoms. The molecule has 0 fully saturated rings. The van der Waals surface area contributed by atoms with Gasteiger partial charge in [-0.1, -0.05) is 72.3 Å². The minimum absolute atomic E-state index is 0.887. The molecular weight excluding hydrogens is 366 g/mol. The van der Waals surface area contributed by atoms with Crippen LogP contribution in [0.1, 0.15) is 5.56 Å². The van der Waals surface area contributed by atoms with E-state index >= 15 is 0 Å². The summed E-state index contributed by atoms with van der Waals surface area (Å²) in [6.45, 7) is 2.11. The van der Waals surface area contributed by atoms with Crippen LogP contribution in [0.15, 0.2) is 97.1 Å². The summed E-state index contributed by atoms with van der Waals surface area (Å²) in [6, 6.07) is 33.8. The largest absolute Gasteiger partial charge is 0.293 e. The van der Waals surface area contributed by atoms with Gasteiger partial charge in [-0.25, -0.2) is 9.97 Å². The predicted octanol–water partition coefficient (Wildman–Crippen LogP) is 6.70. The maximum Gasteiger partial charge on any atom is 0.165 e. The van der Waals surface area contributed by atoms with Gasteiger partial charge in [0.15, 0.2) is 5.65 Å². The average molecular weight is 385 g/mol. The van der Waals surface area contributed by atoms with E-state index in [9.17, 15) is 0 Å². The summed E-state index contributed by atoms with van der Waals surface area (Å²) in [4.78, 5) is 9.92. The lowest BCUT2D eigenvalue weighted by Gasteiger charge is -2.09. The van der Waals surface area contributed by atoms with Gasteiger partial charge in [-0.2, -0.15) is 0 Å². The molecule has 6 rings (SSSR count). The van der Waals surface area contributed by atoms with E-state index in [0.29, 0.717) is 0 Å². The van der Waals surface area contributed by atoms with Crippen molar-refractivity contribution in [2.24, 2.45) is 0 Å². The zero-order valence-electron chi connectivity index (χ0n) is 16.6. The van der Waals surface area contributed by atoms with Crippen LogP contribution in [-0.4, -0.2) is 14.5 Å². The summed E-state index contributed by atoms with van der Waals surface area (Å²) in [5.74, 6) is 0. The van der Waals surface area contributed by atoms with Crippen LogP contribution in [0.3, 0.4) is 0 Å². The van der Waals surface area contributed by atoms with Crippen LogP contribution in [0.25, 0.3) is 49.9 Å². The normalized spacial score (nSPS) is 11.5. The van der Waals surface area contributed by atoms with Crippen molar-refractivity contribution >= 4 is 33.1 Å². The summed E-state index contributed by atoms with van der Waals surface area (Å²) in [6.07, 6.45) is 0. The minimum Gasteiger partial charge on any atom is -0.293 e. The summed E-state index contributed by atoms with van der Waals surface area (Å²) >= 11 is 0. The number of para-hydroxylation sites is 3. The molecule has 0 saturated heterocycles. The Morgan fingerprint density at radius 1 is 0.600 bits per heavy atom. The molecule has 3 nitrogen and oxygen atoms in total. The smallest absolute Gasteiger partial charge is 0.165 e. The number of nitrogens with zero attached hydrogens (tertiary/aromatic N) is 3. The molecule has 0 N–H and O–H groups in total. The van der Waals surface area contributed by atoms with Gasteiger partial charge in [-0.15, -0.1) is 0 Å². The van der Waals surface area contributed by atoms with E-state index in [0.717, 1.165) is 38.8 Å². The van der Waals surface area contributed by atoms with Crippen molar-refractivity contribution in [1.29, 1.82) is 0 Å². The van der Waals surface area contributed by atoms with Gasteiger partial charge in [0.25, 0.3) is 0 Å². The second-order valence-electron chi connectivity index (χ2n) is 7.65. The lowest BCUT2D eigenvalue weighted by molar-refractivity contribution is 1.14. The Bertz CT molecular complexity index is 1520. The highest BCUT2D eigenvalue weighted by molar-refractivity contribution is 6.07. The van der Waals surface area contributed by atoms with Crippen LogP contribution < -0.4 is 0 Å². The van der Waals surface area contributed by atoms with Gasteiger partial charge in [0, 0.05) is 11.1 Å². The monoisotopic (exact) mass is 385 g/mol. The Balaban J connectivity index is 1.59. The highest BCUT2D eigenvalue weighted by Gasteiger charge is 2.15. The van der Waals surface area contributed by atoms with Gasteiger partial charge in [0.1, 0.15) is 5.52 Å². The fraction of sp³-hybridized carbons (Fsp3) is 0.0370. The minimum atomic E-state index is 0.887. The molecule has 0 atom stereocenters. The molecule has 2 aromatic heterocycles. The molecule has 6 aromatic rings. The molecular formula is C27H19N3. The molecule has 0 aliphatic heterocycles. The van der Waals surface area contributed by atoms with Gasteiger partial charge >= 0.3 is 0 Å². The van der Waals surface area contributed by atoms with Gasteiger partial charge in [-0.05, 0) is 48.4 Å². The van der Waals surface area contributed by atoms with Gasteiger partial charge in [0.05, 0.1) is 16.6 Å². The van der Waals surface area contributed by atoms with Gasteiger partial charge < -0.3 is 0 Å². The average Bonchev–Trinajstić information content (AvgIpc) is 3.11. The van der Waals surface area contributed by atoms with Crippen LogP contribution in [0.4, 0.5) is 0 Å². The van der Waals surface area contributed by atoms with E-state index in [4.69, 9.17) is 9.97 Å². The highest BCUT2D eigenvalue weighted by atomic mass is 15.1. The van der Waals surface area contributed by atoms with E-state index in [2.05, 4.69) is 84.3 Å². The molecule has 0 radical (unpaired) electrons. The lowest BCUT2D eigenvalue weighted by Crippen LogP contribution is -1.96. The van der Waals surface area contributed by atoms with E-state index in [1.54, 1.807) is 0 Å². The lowest BCUT2D eigenvalue weighted by atomic mass is 10.0. The molecule has 2 heterocycles. The first-order chi connectivity index (χ1) is 14.8. The third kappa shape index (κ3) is 2.60. The summed E-state index contributed by atoms with van der Waals surface area (Å²) in [7, 11) is 0. The first kappa shape index (κ1) is 16.9. The van der Waals surface area contributed by atoms with Crippen molar-refractivity contribution in [3.8, 4) is 16.8 Å². The Morgan fingerprint density at radius 2 is 1.20 bits per heavy atom. The summed E-state index contributed by atoms with van der Waals surface area (Å²) < 4.78 is 2.21. The summed E-state index contributed by atoms with van der Waals surface area (Å²) in [5, 5.41) is 1.12. The van der Waals surface area contributed by atoms with Crippen LogP contribution in [0, 0.1) is 6.92 Å². The van der Waals surface area contributed by atoms with Crippen molar-refractivity contribution in [3.63, 3.8) is 0 Å². The predicted molar refractivity (Wildman–Crippen MR) is 124 cm³/mol. The van der Waals surface area contributed by atoms with Crippen molar-refractivity contribution in [2.45, 2.75) is 6.92 Å². The molecule has 0 bridgehead atoms. The van der Waals surface area contributed by atoms with Crippen molar-refractivity contribution in [1.82, 2.24) is 14.5 Å². The Labute approximate surface area is 174 Å². The van der Waals surface area contributed by atoms with Crippen LogP contribution in [0.5, 0.6) is 0 Å². The van der Waals surface area contributed by atoms with E-state index < -0.39 is 0 Å². The maximum atomic E-state index is 4.98. The number of rotatable bonds is 2. The van der Waals surface area contributed by atoms with E-state index in [1.807, 2.05) is 24.3 Å². The SMILES string of the molecule is Cc1ccc(-c2ccc(-n3c4ccccc4c4nc5ccccc5nc43)cc2)cc1. The third-order valence-corrected chi connectivity index (χ3v) is 5.67. The number of hydrogen-bond donors (Lipinski definition) is 0. The van der Waals surface area contributed by atoms with E-state index in [1.165, 1.54) is 16.7 Å². The Kier molecular flexibility index (Phi) is 3.68. The number of benzene rings is 4. The first-order valence-electron chi connectivity index (χ1n) is 10.1. The molecule has 0 unspecified atom stereocenters. The van der Waals surface area contributed by atoms with Crippen LogP contribution >= 0.6 is 0 Å². The van der Waals surface area contributed by atoms with Gasteiger partial charge in [0.2, 0.25) is 0 Å². The zero-order valence-corrected chi connectivity index (χ0v) is 16.6. The topological polar surface area (TPSA) is 30.7 Å².